The van der Waals surface area contributed by atoms with Gasteiger partial charge in [0.2, 0.25) is 5.95 Å². The molecule has 0 saturated carbocycles. The number of hydrogen-bond donors (Lipinski definition) is 1. The molecule has 0 spiro atoms. The molecular formula is C19H24N8O. The minimum absolute atomic E-state index is 0.0102. The molecule has 0 radical (unpaired) electrons. The smallest absolute Gasteiger partial charge is 0.252 e. The molecule has 3 aromatic heterocycles. The van der Waals surface area contributed by atoms with Crippen LogP contribution in [0.2, 0.25) is 0 Å². The van der Waals surface area contributed by atoms with E-state index in [1.165, 1.54) is 0 Å². The Balaban J connectivity index is 1.66. The lowest BCUT2D eigenvalue weighted by Gasteiger charge is -2.38. The maximum Gasteiger partial charge on any atom is 0.252 e. The van der Waals surface area contributed by atoms with Gasteiger partial charge in [0.05, 0.1) is 11.6 Å². The number of likely N-dealkylation sites (N-methyl/N-ethyl adjacent to an activating group) is 1. The number of rotatable bonds is 4. The highest BCUT2D eigenvalue weighted by Crippen LogP contribution is 2.25. The van der Waals surface area contributed by atoms with E-state index in [4.69, 9.17) is 0 Å². The summed E-state index contributed by atoms with van der Waals surface area (Å²) in [6.45, 7) is 6.28. The molecule has 4 rings (SSSR count). The number of hydrogen-bond acceptors (Lipinski definition) is 7. The molecule has 1 saturated heterocycles. The number of nitrogens with zero attached hydrogens (tertiary/aromatic N) is 7. The molecule has 4 heterocycles. The second kappa shape index (κ2) is 7.51. The summed E-state index contributed by atoms with van der Waals surface area (Å²) in [7, 11) is 2.07. The molecule has 1 amide bonds. The van der Waals surface area contributed by atoms with E-state index >= 15 is 0 Å². The van der Waals surface area contributed by atoms with Crippen LogP contribution in [0.25, 0.3) is 5.65 Å². The van der Waals surface area contributed by atoms with Crippen LogP contribution in [-0.4, -0.2) is 68.1 Å². The fourth-order valence-electron chi connectivity index (χ4n) is 3.40. The molecule has 1 aliphatic rings. The monoisotopic (exact) mass is 380 g/mol. The van der Waals surface area contributed by atoms with Gasteiger partial charge in [-0.1, -0.05) is 0 Å². The van der Waals surface area contributed by atoms with Crippen LogP contribution in [0, 0.1) is 0 Å². The highest BCUT2D eigenvalue weighted by atomic mass is 16.1. The molecule has 0 bridgehead atoms. The third kappa shape index (κ3) is 3.53. The van der Waals surface area contributed by atoms with Gasteiger partial charge in [-0.3, -0.25) is 14.1 Å². The van der Waals surface area contributed by atoms with E-state index in [-0.39, 0.29) is 18.0 Å². The summed E-state index contributed by atoms with van der Waals surface area (Å²) in [6, 6.07) is 5.50. The van der Waals surface area contributed by atoms with E-state index in [0.29, 0.717) is 18.1 Å². The minimum Gasteiger partial charge on any atom is -0.350 e. The van der Waals surface area contributed by atoms with Crippen LogP contribution in [-0.2, 0) is 0 Å². The molecule has 1 fully saturated rings. The van der Waals surface area contributed by atoms with Gasteiger partial charge in [0.25, 0.3) is 5.91 Å². The molecule has 0 unspecified atom stereocenters. The Morgan fingerprint density at radius 3 is 2.71 bits per heavy atom. The first-order valence-electron chi connectivity index (χ1n) is 9.40. The molecule has 0 aromatic carbocycles. The lowest BCUT2D eigenvalue weighted by atomic mass is 10.1. The third-order valence-electron chi connectivity index (χ3n) is 4.89. The number of amides is 1. The van der Waals surface area contributed by atoms with E-state index in [0.717, 1.165) is 24.6 Å². The van der Waals surface area contributed by atoms with Crippen LogP contribution < -0.4 is 10.2 Å². The van der Waals surface area contributed by atoms with Crippen LogP contribution in [0.15, 0.2) is 36.8 Å². The topological polar surface area (TPSA) is 91.5 Å². The lowest BCUT2D eigenvalue weighted by molar-refractivity contribution is 0.0942. The minimum atomic E-state index is -0.104. The molecule has 3 aromatic rings. The van der Waals surface area contributed by atoms with Gasteiger partial charge in [0.1, 0.15) is 0 Å². The Bertz CT molecular complexity index is 970. The average molecular weight is 380 g/mol. The molecular weight excluding hydrogens is 356 g/mol. The van der Waals surface area contributed by atoms with Crippen molar-refractivity contribution in [3.05, 3.63) is 48.2 Å². The van der Waals surface area contributed by atoms with Crippen molar-refractivity contribution in [3.8, 4) is 0 Å². The molecule has 28 heavy (non-hydrogen) atoms. The van der Waals surface area contributed by atoms with Crippen molar-refractivity contribution in [2.24, 2.45) is 0 Å². The van der Waals surface area contributed by atoms with E-state index in [9.17, 15) is 4.79 Å². The molecule has 1 aliphatic heterocycles. The summed E-state index contributed by atoms with van der Waals surface area (Å²) in [5.74, 6) is 1.41. The second-order valence-corrected chi connectivity index (χ2v) is 7.32. The number of piperazine rings is 1. The van der Waals surface area contributed by atoms with Gasteiger partial charge in [-0.2, -0.15) is 0 Å². The first kappa shape index (κ1) is 18.3. The first-order valence-corrected chi connectivity index (χ1v) is 9.40. The fourth-order valence-corrected chi connectivity index (χ4v) is 3.40. The van der Waals surface area contributed by atoms with Crippen LogP contribution in [0.3, 0.4) is 0 Å². The summed E-state index contributed by atoms with van der Waals surface area (Å²) in [4.78, 5) is 25.6. The zero-order valence-corrected chi connectivity index (χ0v) is 16.3. The van der Waals surface area contributed by atoms with E-state index in [1.54, 1.807) is 18.5 Å². The normalized spacial score (nSPS) is 18.0. The van der Waals surface area contributed by atoms with Crippen molar-refractivity contribution >= 4 is 17.5 Å². The highest BCUT2D eigenvalue weighted by Gasteiger charge is 2.30. The Morgan fingerprint density at radius 1 is 1.18 bits per heavy atom. The van der Waals surface area contributed by atoms with Crippen LogP contribution in [0.4, 0.5) is 5.95 Å². The second-order valence-electron chi connectivity index (χ2n) is 7.32. The van der Waals surface area contributed by atoms with Gasteiger partial charge >= 0.3 is 0 Å². The van der Waals surface area contributed by atoms with Crippen LogP contribution in [0.5, 0.6) is 0 Å². The molecule has 1 atom stereocenters. The predicted octanol–water partition coefficient (Wildman–Crippen LogP) is 1.15. The van der Waals surface area contributed by atoms with Gasteiger partial charge in [0.15, 0.2) is 11.5 Å². The van der Waals surface area contributed by atoms with Crippen molar-refractivity contribution in [1.82, 2.24) is 34.8 Å². The maximum absolute atomic E-state index is 12.4. The highest BCUT2D eigenvalue weighted by molar-refractivity contribution is 5.94. The third-order valence-corrected chi connectivity index (χ3v) is 4.89. The molecule has 0 aliphatic carbocycles. The maximum atomic E-state index is 12.4. The van der Waals surface area contributed by atoms with Crippen molar-refractivity contribution in [2.45, 2.75) is 25.9 Å². The van der Waals surface area contributed by atoms with Crippen LogP contribution >= 0.6 is 0 Å². The number of fused-ring (bicyclic) bond motifs is 1. The van der Waals surface area contributed by atoms with Gasteiger partial charge < -0.3 is 10.2 Å². The number of pyridine rings is 1. The predicted molar refractivity (Wildman–Crippen MR) is 105 cm³/mol. The van der Waals surface area contributed by atoms with Crippen molar-refractivity contribution in [3.63, 3.8) is 0 Å². The first-order chi connectivity index (χ1) is 13.5. The van der Waals surface area contributed by atoms with E-state index in [2.05, 4.69) is 42.3 Å². The average Bonchev–Trinajstić information content (AvgIpc) is 3.11. The zero-order valence-electron chi connectivity index (χ0n) is 16.3. The number of carbonyl (C=O) groups excluding carboxylic acids is 1. The zero-order chi connectivity index (χ0) is 19.7. The Hall–Kier alpha value is -3.07. The largest absolute Gasteiger partial charge is 0.350 e. The van der Waals surface area contributed by atoms with Crippen molar-refractivity contribution in [1.29, 1.82) is 0 Å². The number of carbonyl (C=O) groups is 1. The Morgan fingerprint density at radius 2 is 1.96 bits per heavy atom. The van der Waals surface area contributed by atoms with E-state index < -0.39 is 0 Å². The van der Waals surface area contributed by atoms with Gasteiger partial charge in [-0.25, -0.2) is 9.97 Å². The summed E-state index contributed by atoms with van der Waals surface area (Å²) in [6.07, 6.45) is 5.32. The number of anilines is 1. The van der Waals surface area contributed by atoms with Crippen LogP contribution in [0.1, 0.15) is 36.1 Å². The molecule has 1 N–H and O–H groups in total. The standard InChI is InChI=1S/C19H24N8O/c1-13(2)22-18(28)14-5-6-16-23-24-17(27(16)11-14)15-12-26(10-9-25(15)3)19-20-7-4-8-21-19/h4-8,11,13,15H,9-10,12H2,1-3H3,(H,22,28)/t15-/m1/s1. The summed E-state index contributed by atoms with van der Waals surface area (Å²) in [5, 5.41) is 11.6. The fraction of sp³-hybridized carbons (Fsp3) is 0.421. The summed E-state index contributed by atoms with van der Waals surface area (Å²) < 4.78 is 1.91. The molecule has 146 valence electrons. The van der Waals surface area contributed by atoms with Gasteiger partial charge in [0, 0.05) is 44.3 Å². The van der Waals surface area contributed by atoms with Crippen molar-refractivity contribution < 1.29 is 4.79 Å². The molecule has 9 nitrogen and oxygen atoms in total. The van der Waals surface area contributed by atoms with E-state index in [1.807, 2.05) is 36.6 Å². The Labute approximate surface area is 163 Å². The quantitative estimate of drug-likeness (QED) is 0.726. The van der Waals surface area contributed by atoms with Gasteiger partial charge in [-0.05, 0) is 39.1 Å². The van der Waals surface area contributed by atoms with Crippen molar-refractivity contribution in [2.75, 3.05) is 31.6 Å². The lowest BCUT2D eigenvalue weighted by Crippen LogP contribution is -2.48. The number of nitrogens with one attached hydrogen (secondary N) is 1. The SMILES string of the molecule is CC(C)NC(=O)c1ccc2nnc([C@H]3CN(c4ncccn4)CCN3C)n2c1. The summed E-state index contributed by atoms with van der Waals surface area (Å²) in [5.41, 5.74) is 1.31. The summed E-state index contributed by atoms with van der Waals surface area (Å²) >= 11 is 0. The number of aromatic nitrogens is 5. The van der Waals surface area contributed by atoms with Gasteiger partial charge in [-0.15, -0.1) is 10.2 Å². The molecule has 9 heteroatoms. The Kier molecular flexibility index (Phi) is 4.91.